The molecule has 2 fully saturated rings. The third-order valence-electron chi connectivity index (χ3n) is 9.59. The van der Waals surface area contributed by atoms with Crippen molar-refractivity contribution in [2.75, 3.05) is 6.54 Å². The van der Waals surface area contributed by atoms with Gasteiger partial charge < -0.3 is 20.7 Å². The zero-order valence-corrected chi connectivity index (χ0v) is 23.6. The van der Waals surface area contributed by atoms with Crippen molar-refractivity contribution in [2.45, 2.75) is 83.8 Å². The Morgan fingerprint density at radius 2 is 1.72 bits per heavy atom. The van der Waals surface area contributed by atoms with E-state index in [0.29, 0.717) is 38.6 Å². The summed E-state index contributed by atoms with van der Waals surface area (Å²) in [6.07, 6.45) is 7.35. The van der Waals surface area contributed by atoms with Gasteiger partial charge in [0.15, 0.2) is 0 Å². The molecule has 208 valence electrons. The highest BCUT2D eigenvalue weighted by Gasteiger charge is 2.61. The Kier molecular flexibility index (Phi) is 7.60. The monoisotopic (exact) mass is 529 g/mol. The summed E-state index contributed by atoms with van der Waals surface area (Å²) in [6, 6.07) is 18.0. The summed E-state index contributed by atoms with van der Waals surface area (Å²) in [5.74, 6) is 0.316. The number of hydrogen-bond acceptors (Lipinski definition) is 3. The number of fused-ring (bicyclic) bond motifs is 2. The number of nitrogens with one attached hydrogen (secondary N) is 3. The number of aromatic nitrogens is 1. The van der Waals surface area contributed by atoms with E-state index in [2.05, 4.69) is 41.6 Å². The molecule has 2 aliphatic carbocycles. The smallest absolute Gasteiger partial charge is 0.224 e. The Bertz CT molecular complexity index is 1310. The minimum Gasteiger partial charge on any atom is -0.390 e. The Morgan fingerprint density at radius 3 is 2.51 bits per heavy atom. The van der Waals surface area contributed by atoms with Crippen LogP contribution in [0, 0.1) is 16.7 Å². The van der Waals surface area contributed by atoms with Gasteiger partial charge >= 0.3 is 0 Å². The molecule has 3 aromatic rings. The van der Waals surface area contributed by atoms with Gasteiger partial charge in [-0.2, -0.15) is 0 Å². The van der Waals surface area contributed by atoms with Gasteiger partial charge in [0.1, 0.15) is 0 Å². The molecule has 0 saturated heterocycles. The van der Waals surface area contributed by atoms with Gasteiger partial charge in [-0.05, 0) is 79.4 Å². The van der Waals surface area contributed by atoms with E-state index in [4.69, 9.17) is 0 Å². The Morgan fingerprint density at radius 1 is 0.974 bits per heavy atom. The number of H-pyrrole nitrogens is 1. The topological polar surface area (TPSA) is 94.2 Å². The molecule has 1 aromatic heterocycles. The molecular formula is C33H43N3O3. The molecule has 0 bridgehead atoms. The van der Waals surface area contributed by atoms with Gasteiger partial charge in [-0.1, -0.05) is 62.4 Å². The summed E-state index contributed by atoms with van der Waals surface area (Å²) in [4.78, 5) is 29.5. The third-order valence-corrected chi connectivity index (χ3v) is 9.59. The average Bonchev–Trinajstić information content (AvgIpc) is 3.39. The second-order valence-corrected chi connectivity index (χ2v) is 12.9. The van der Waals surface area contributed by atoms with Crippen molar-refractivity contribution in [1.29, 1.82) is 0 Å². The summed E-state index contributed by atoms with van der Waals surface area (Å²) in [7, 11) is 0. The van der Waals surface area contributed by atoms with Crippen LogP contribution in [0.4, 0.5) is 0 Å². The van der Waals surface area contributed by atoms with Crippen molar-refractivity contribution in [2.24, 2.45) is 16.7 Å². The fraction of sp³-hybridized carbons (Fsp3) is 0.515. The van der Waals surface area contributed by atoms with Crippen molar-refractivity contribution in [1.82, 2.24) is 15.6 Å². The van der Waals surface area contributed by atoms with Crippen LogP contribution in [0.2, 0.25) is 0 Å². The molecule has 1 heterocycles. The van der Waals surface area contributed by atoms with Crippen LogP contribution < -0.4 is 10.6 Å². The maximum atomic E-state index is 13.2. The maximum Gasteiger partial charge on any atom is 0.224 e. The van der Waals surface area contributed by atoms with Crippen LogP contribution in [0.15, 0.2) is 60.8 Å². The molecule has 0 radical (unpaired) electrons. The molecule has 6 heteroatoms. The van der Waals surface area contributed by atoms with Gasteiger partial charge in [0, 0.05) is 36.1 Å². The van der Waals surface area contributed by atoms with Crippen molar-refractivity contribution < 1.29 is 14.7 Å². The normalized spacial score (nSPS) is 27.7. The van der Waals surface area contributed by atoms with Crippen LogP contribution in [0.5, 0.6) is 0 Å². The average molecular weight is 530 g/mol. The predicted molar refractivity (Wildman–Crippen MR) is 155 cm³/mol. The van der Waals surface area contributed by atoms with Gasteiger partial charge in [0.2, 0.25) is 11.8 Å². The Labute approximate surface area is 232 Å². The van der Waals surface area contributed by atoms with Crippen LogP contribution in [0.1, 0.15) is 70.4 Å². The van der Waals surface area contributed by atoms with Gasteiger partial charge in [-0.15, -0.1) is 0 Å². The zero-order valence-electron chi connectivity index (χ0n) is 23.6. The molecule has 2 aromatic carbocycles. The molecule has 2 saturated carbocycles. The van der Waals surface area contributed by atoms with Gasteiger partial charge in [0.25, 0.3) is 0 Å². The summed E-state index contributed by atoms with van der Waals surface area (Å²) < 4.78 is 0. The third kappa shape index (κ3) is 5.91. The van der Waals surface area contributed by atoms with Crippen LogP contribution >= 0.6 is 0 Å². The first-order valence-corrected chi connectivity index (χ1v) is 14.5. The number of rotatable bonds is 9. The first-order chi connectivity index (χ1) is 18.6. The molecule has 4 atom stereocenters. The van der Waals surface area contributed by atoms with Crippen molar-refractivity contribution in [3.05, 3.63) is 71.9 Å². The van der Waals surface area contributed by atoms with Crippen molar-refractivity contribution >= 4 is 22.7 Å². The van der Waals surface area contributed by atoms with E-state index in [-0.39, 0.29) is 34.6 Å². The largest absolute Gasteiger partial charge is 0.390 e. The Hall–Kier alpha value is -3.12. The molecule has 5 rings (SSSR count). The summed E-state index contributed by atoms with van der Waals surface area (Å²) in [5, 5.41) is 18.8. The van der Waals surface area contributed by atoms with E-state index in [0.717, 1.165) is 30.3 Å². The number of aliphatic hydroxyl groups is 1. The molecular weight excluding hydrogens is 486 g/mol. The molecule has 0 aliphatic heterocycles. The Balaban J connectivity index is 1.25. The number of benzene rings is 2. The number of aromatic amines is 1. The second-order valence-electron chi connectivity index (χ2n) is 12.9. The minimum absolute atomic E-state index is 0.0103. The maximum absolute atomic E-state index is 13.2. The number of para-hydroxylation sites is 1. The quantitative estimate of drug-likeness (QED) is 0.303. The lowest BCUT2D eigenvalue weighted by atomic mass is 9.57. The van der Waals surface area contributed by atoms with E-state index in [1.807, 2.05) is 55.6 Å². The van der Waals surface area contributed by atoms with E-state index in [9.17, 15) is 14.7 Å². The van der Waals surface area contributed by atoms with E-state index in [1.165, 1.54) is 10.9 Å². The fourth-order valence-corrected chi connectivity index (χ4v) is 7.57. The first kappa shape index (κ1) is 27.4. The number of hydrogen-bond donors (Lipinski definition) is 4. The summed E-state index contributed by atoms with van der Waals surface area (Å²) >= 11 is 0. The highest BCUT2D eigenvalue weighted by Crippen LogP contribution is 2.63. The van der Waals surface area contributed by atoms with Gasteiger partial charge in [-0.3, -0.25) is 9.59 Å². The van der Waals surface area contributed by atoms with Crippen molar-refractivity contribution in [3.63, 3.8) is 0 Å². The van der Waals surface area contributed by atoms with Crippen LogP contribution in [-0.4, -0.2) is 40.1 Å². The lowest BCUT2D eigenvalue weighted by molar-refractivity contribution is -0.124. The molecule has 6 nitrogen and oxygen atoms in total. The highest BCUT2D eigenvalue weighted by atomic mass is 16.3. The molecule has 0 spiro atoms. The van der Waals surface area contributed by atoms with Crippen LogP contribution in [-0.2, 0) is 22.4 Å². The second kappa shape index (κ2) is 10.8. The molecule has 4 N–H and O–H groups in total. The fourth-order valence-electron chi connectivity index (χ4n) is 7.57. The van der Waals surface area contributed by atoms with Crippen LogP contribution in [0.25, 0.3) is 10.9 Å². The SMILES string of the molecule is CC1(O)CCC2(CCC(=O)NCCc3c[nH]c4ccccc34)C(NC(=O)Cc3ccccc3)CC(C)(C)C2C1. The first-order valence-electron chi connectivity index (χ1n) is 14.5. The molecule has 2 amide bonds. The van der Waals surface area contributed by atoms with Gasteiger partial charge in [-0.25, -0.2) is 0 Å². The number of amides is 2. The predicted octanol–water partition coefficient (Wildman–Crippen LogP) is 5.30. The zero-order chi connectivity index (χ0) is 27.7. The highest BCUT2D eigenvalue weighted by molar-refractivity contribution is 5.83. The molecule has 2 aliphatic rings. The van der Waals surface area contributed by atoms with E-state index >= 15 is 0 Å². The van der Waals surface area contributed by atoms with E-state index in [1.54, 1.807) is 0 Å². The van der Waals surface area contributed by atoms with Gasteiger partial charge in [0.05, 0.1) is 12.0 Å². The van der Waals surface area contributed by atoms with Crippen molar-refractivity contribution in [3.8, 4) is 0 Å². The number of carbonyl (C=O) groups excluding carboxylic acids is 2. The van der Waals surface area contributed by atoms with Crippen LogP contribution in [0.3, 0.4) is 0 Å². The summed E-state index contributed by atoms with van der Waals surface area (Å²) in [5.41, 5.74) is 2.36. The summed E-state index contributed by atoms with van der Waals surface area (Å²) in [6.45, 7) is 7.05. The lowest BCUT2D eigenvalue weighted by Gasteiger charge is -2.50. The standard InChI is InChI=1S/C33H43N3O3/c1-31(2)21-28(36-30(38)19-23-9-5-4-6-10-23)33(17-16-32(3,39)20-27(31)33)15-13-29(37)34-18-14-24-22-35-26-12-8-7-11-25(24)26/h4-12,22,27-28,35,39H,13-21H2,1-3H3,(H,34,37)(H,36,38). The minimum atomic E-state index is -0.712. The lowest BCUT2D eigenvalue weighted by Crippen LogP contribution is -2.53. The van der Waals surface area contributed by atoms with E-state index < -0.39 is 5.60 Å². The molecule has 39 heavy (non-hydrogen) atoms. The number of carbonyl (C=O) groups is 2. The molecule has 4 unspecified atom stereocenters.